The van der Waals surface area contributed by atoms with Crippen molar-refractivity contribution in [3.8, 4) is 0 Å². The summed E-state index contributed by atoms with van der Waals surface area (Å²) in [7, 11) is 0. The van der Waals surface area contributed by atoms with Crippen molar-refractivity contribution in [2.75, 3.05) is 0 Å². The first-order valence-corrected chi connectivity index (χ1v) is 11.3. The predicted molar refractivity (Wildman–Crippen MR) is 132 cm³/mol. The molecule has 0 fully saturated rings. The Hall–Kier alpha value is -4.25. The van der Waals surface area contributed by atoms with Gasteiger partial charge < -0.3 is 10.2 Å². The van der Waals surface area contributed by atoms with Gasteiger partial charge >= 0.3 is 0 Å². The summed E-state index contributed by atoms with van der Waals surface area (Å²) in [6.07, 6.45) is 1.91. The Kier molecular flexibility index (Phi) is 7.80. The Morgan fingerprint density at radius 2 is 1.32 bits per heavy atom. The van der Waals surface area contributed by atoms with Gasteiger partial charge in [0.25, 0.3) is 0 Å². The van der Waals surface area contributed by atoms with Gasteiger partial charge in [0.05, 0.1) is 18.7 Å². The quantitative estimate of drug-likeness (QED) is 0.403. The average molecular weight is 450 g/mol. The van der Waals surface area contributed by atoms with Crippen molar-refractivity contribution in [2.24, 2.45) is 0 Å². The minimum Gasteiger partial charge on any atom is -0.348 e. The molecule has 4 rings (SSSR count). The monoisotopic (exact) mass is 449 g/mol. The maximum Gasteiger partial charge on any atom is 0.247 e. The van der Waals surface area contributed by atoms with Crippen molar-refractivity contribution in [3.05, 3.63) is 138 Å². The van der Waals surface area contributed by atoms with Gasteiger partial charge in [-0.3, -0.25) is 14.6 Å². The molecule has 1 aromatic heterocycles. The molecular formula is C29H27N3O2. The molecule has 0 radical (unpaired) electrons. The Morgan fingerprint density at radius 3 is 1.94 bits per heavy atom. The molecule has 1 atom stereocenters. The second kappa shape index (κ2) is 11.6. The molecule has 0 saturated carbocycles. The molecule has 0 bridgehead atoms. The molecule has 0 spiro atoms. The van der Waals surface area contributed by atoms with Crippen molar-refractivity contribution < 1.29 is 9.59 Å². The van der Waals surface area contributed by atoms with Gasteiger partial charge in [-0.25, -0.2) is 0 Å². The molecule has 0 aliphatic rings. The van der Waals surface area contributed by atoms with E-state index in [9.17, 15) is 9.59 Å². The van der Waals surface area contributed by atoms with Crippen LogP contribution in [0.4, 0.5) is 0 Å². The van der Waals surface area contributed by atoms with Gasteiger partial charge in [-0.05, 0) is 28.8 Å². The van der Waals surface area contributed by atoms with Crippen LogP contribution in [0, 0.1) is 0 Å². The van der Waals surface area contributed by atoms with E-state index in [0.29, 0.717) is 6.54 Å². The molecule has 170 valence electrons. The van der Waals surface area contributed by atoms with Gasteiger partial charge in [0.1, 0.15) is 6.04 Å². The fourth-order valence-corrected chi connectivity index (χ4v) is 3.86. The van der Waals surface area contributed by atoms with Crippen molar-refractivity contribution in [1.29, 1.82) is 0 Å². The predicted octanol–water partition coefficient (Wildman–Crippen LogP) is 4.71. The summed E-state index contributed by atoms with van der Waals surface area (Å²) in [6.45, 7) is 0.609. The van der Waals surface area contributed by atoms with Gasteiger partial charge in [-0.15, -0.1) is 0 Å². The fourth-order valence-electron chi connectivity index (χ4n) is 3.86. The van der Waals surface area contributed by atoms with Gasteiger partial charge in [0.2, 0.25) is 11.8 Å². The SMILES string of the molecule is O=C(NCc1ccccn1)C(c1ccccc1)N(Cc1ccccc1)C(=O)Cc1ccccc1. The Morgan fingerprint density at radius 1 is 0.735 bits per heavy atom. The van der Waals surface area contributed by atoms with E-state index in [0.717, 1.165) is 22.4 Å². The third-order valence-corrected chi connectivity index (χ3v) is 5.56. The van der Waals surface area contributed by atoms with E-state index < -0.39 is 6.04 Å². The third kappa shape index (κ3) is 6.17. The summed E-state index contributed by atoms with van der Waals surface area (Å²) >= 11 is 0. The highest BCUT2D eigenvalue weighted by Gasteiger charge is 2.31. The van der Waals surface area contributed by atoms with Gasteiger partial charge in [-0.2, -0.15) is 0 Å². The number of amides is 2. The first-order chi connectivity index (χ1) is 16.7. The third-order valence-electron chi connectivity index (χ3n) is 5.56. The highest BCUT2D eigenvalue weighted by molar-refractivity contribution is 5.89. The largest absolute Gasteiger partial charge is 0.348 e. The number of carbonyl (C=O) groups is 2. The molecular weight excluding hydrogens is 422 g/mol. The van der Waals surface area contributed by atoms with Crippen LogP contribution in [-0.4, -0.2) is 21.7 Å². The molecule has 0 aliphatic heterocycles. The number of aromatic nitrogens is 1. The molecule has 0 saturated heterocycles. The molecule has 3 aromatic carbocycles. The number of hydrogen-bond donors (Lipinski definition) is 1. The zero-order valence-electron chi connectivity index (χ0n) is 18.9. The maximum atomic E-state index is 13.6. The van der Waals surface area contributed by atoms with Crippen LogP contribution in [0.1, 0.15) is 28.4 Å². The Bertz CT molecular complexity index is 1180. The summed E-state index contributed by atoms with van der Waals surface area (Å²) in [6, 6.07) is 33.6. The van der Waals surface area contributed by atoms with Crippen LogP contribution >= 0.6 is 0 Å². The topological polar surface area (TPSA) is 62.3 Å². The second-order valence-electron chi connectivity index (χ2n) is 8.02. The van der Waals surface area contributed by atoms with E-state index in [4.69, 9.17) is 0 Å². The van der Waals surface area contributed by atoms with Crippen LogP contribution in [0.3, 0.4) is 0 Å². The first-order valence-electron chi connectivity index (χ1n) is 11.3. The molecule has 5 heteroatoms. The number of rotatable bonds is 9. The number of nitrogens with one attached hydrogen (secondary N) is 1. The van der Waals surface area contributed by atoms with Crippen molar-refractivity contribution >= 4 is 11.8 Å². The lowest BCUT2D eigenvalue weighted by Crippen LogP contribution is -2.44. The normalized spacial score (nSPS) is 11.4. The lowest BCUT2D eigenvalue weighted by atomic mass is 10.0. The minimum absolute atomic E-state index is 0.114. The standard InChI is InChI=1S/C29H27N3O2/c33-27(20-23-12-4-1-5-13-23)32(22-24-14-6-2-7-15-24)28(25-16-8-3-9-17-25)29(34)31-21-26-18-10-11-19-30-26/h1-19,28H,20-22H2,(H,31,34). The first kappa shape index (κ1) is 22.9. The molecule has 2 amide bonds. The molecule has 1 N–H and O–H groups in total. The number of nitrogens with zero attached hydrogens (tertiary/aromatic N) is 2. The van der Waals surface area contributed by atoms with Crippen LogP contribution < -0.4 is 5.32 Å². The zero-order valence-corrected chi connectivity index (χ0v) is 18.9. The van der Waals surface area contributed by atoms with E-state index in [1.54, 1.807) is 11.1 Å². The van der Waals surface area contributed by atoms with Gasteiger partial charge in [0, 0.05) is 12.7 Å². The van der Waals surface area contributed by atoms with Crippen LogP contribution in [-0.2, 0) is 29.1 Å². The summed E-state index contributed by atoms with van der Waals surface area (Å²) in [5, 5.41) is 2.99. The minimum atomic E-state index is -0.777. The summed E-state index contributed by atoms with van der Waals surface area (Å²) < 4.78 is 0. The van der Waals surface area contributed by atoms with E-state index >= 15 is 0 Å². The highest BCUT2D eigenvalue weighted by Crippen LogP contribution is 2.25. The molecule has 0 aliphatic carbocycles. The van der Waals surface area contributed by atoms with Gasteiger partial charge in [0.15, 0.2) is 0 Å². The molecule has 4 aromatic rings. The van der Waals surface area contributed by atoms with E-state index in [-0.39, 0.29) is 24.8 Å². The van der Waals surface area contributed by atoms with E-state index in [1.807, 2.05) is 109 Å². The lowest BCUT2D eigenvalue weighted by Gasteiger charge is -2.32. The Balaban J connectivity index is 1.66. The summed E-state index contributed by atoms with van der Waals surface area (Å²) in [5.41, 5.74) is 3.39. The lowest BCUT2D eigenvalue weighted by molar-refractivity contribution is -0.141. The van der Waals surface area contributed by atoms with E-state index in [2.05, 4.69) is 10.3 Å². The summed E-state index contributed by atoms with van der Waals surface area (Å²) in [4.78, 5) is 33.2. The molecule has 34 heavy (non-hydrogen) atoms. The summed E-state index contributed by atoms with van der Waals surface area (Å²) in [5.74, 6) is -0.355. The number of benzene rings is 3. The molecule has 1 unspecified atom stereocenters. The molecule has 5 nitrogen and oxygen atoms in total. The fraction of sp³-hybridized carbons (Fsp3) is 0.138. The van der Waals surface area contributed by atoms with Crippen molar-refractivity contribution in [1.82, 2.24) is 15.2 Å². The number of pyridine rings is 1. The second-order valence-corrected chi connectivity index (χ2v) is 8.02. The number of carbonyl (C=O) groups excluding carboxylic acids is 2. The van der Waals surface area contributed by atoms with E-state index in [1.165, 1.54) is 0 Å². The zero-order chi connectivity index (χ0) is 23.6. The smallest absolute Gasteiger partial charge is 0.247 e. The van der Waals surface area contributed by atoms with Crippen LogP contribution in [0.25, 0.3) is 0 Å². The van der Waals surface area contributed by atoms with Crippen molar-refractivity contribution in [3.63, 3.8) is 0 Å². The van der Waals surface area contributed by atoms with Crippen LogP contribution in [0.2, 0.25) is 0 Å². The van der Waals surface area contributed by atoms with Gasteiger partial charge in [-0.1, -0.05) is 97.1 Å². The van der Waals surface area contributed by atoms with Crippen LogP contribution in [0.5, 0.6) is 0 Å². The van der Waals surface area contributed by atoms with Crippen LogP contribution in [0.15, 0.2) is 115 Å². The number of hydrogen-bond acceptors (Lipinski definition) is 3. The highest BCUT2D eigenvalue weighted by atomic mass is 16.2. The maximum absolute atomic E-state index is 13.6. The molecule has 1 heterocycles. The average Bonchev–Trinajstić information content (AvgIpc) is 2.89. The van der Waals surface area contributed by atoms with Crippen molar-refractivity contribution in [2.45, 2.75) is 25.6 Å². The Labute approximate surface area is 200 Å².